The van der Waals surface area contributed by atoms with Gasteiger partial charge in [0.1, 0.15) is 0 Å². The van der Waals surface area contributed by atoms with E-state index in [1.807, 2.05) is 19.1 Å². The lowest BCUT2D eigenvalue weighted by atomic mass is 10.1. The molecule has 2 rings (SSSR count). The van der Waals surface area contributed by atoms with Gasteiger partial charge in [-0.05, 0) is 38.1 Å². The van der Waals surface area contributed by atoms with Crippen LogP contribution in [0.3, 0.4) is 0 Å². The predicted octanol–water partition coefficient (Wildman–Crippen LogP) is 1.66. The molecule has 0 aromatic heterocycles. The summed E-state index contributed by atoms with van der Waals surface area (Å²) in [6.07, 6.45) is 1.42. The van der Waals surface area contributed by atoms with Crippen LogP contribution in [0.25, 0.3) is 0 Å². The zero-order chi connectivity index (χ0) is 13.0. The average Bonchev–Trinajstić information content (AvgIpc) is 2.36. The van der Waals surface area contributed by atoms with E-state index in [1.54, 1.807) is 17.0 Å². The van der Waals surface area contributed by atoms with Gasteiger partial charge in [0.15, 0.2) is 0 Å². The standard InChI is InChI=1S/C14H17N3O/c1-11-8-14(18)17(7-3-6-16-11)13-5-2-4-12(9-13)10-15/h2,4-5,9,11,16H,3,6-8H2,1H3. The number of hydrogen-bond donors (Lipinski definition) is 1. The summed E-state index contributed by atoms with van der Waals surface area (Å²) in [7, 11) is 0. The van der Waals surface area contributed by atoms with E-state index in [0.29, 0.717) is 18.5 Å². The number of nitrogens with one attached hydrogen (secondary N) is 1. The molecule has 1 N–H and O–H groups in total. The number of amides is 1. The van der Waals surface area contributed by atoms with Crippen molar-refractivity contribution in [1.29, 1.82) is 5.26 Å². The van der Waals surface area contributed by atoms with E-state index in [9.17, 15) is 4.79 Å². The summed E-state index contributed by atoms with van der Waals surface area (Å²) in [6.45, 7) is 3.64. The quantitative estimate of drug-likeness (QED) is 0.816. The van der Waals surface area contributed by atoms with Crippen molar-refractivity contribution in [1.82, 2.24) is 5.32 Å². The highest BCUT2D eigenvalue weighted by atomic mass is 16.2. The topological polar surface area (TPSA) is 56.1 Å². The fraction of sp³-hybridized carbons (Fsp3) is 0.429. The third-order valence-corrected chi connectivity index (χ3v) is 3.12. The van der Waals surface area contributed by atoms with E-state index in [-0.39, 0.29) is 11.9 Å². The first-order valence-corrected chi connectivity index (χ1v) is 6.24. The summed E-state index contributed by atoms with van der Waals surface area (Å²) >= 11 is 0. The summed E-state index contributed by atoms with van der Waals surface area (Å²) in [5.74, 6) is 0.116. The molecule has 1 atom stereocenters. The Kier molecular flexibility index (Phi) is 3.96. The summed E-state index contributed by atoms with van der Waals surface area (Å²) in [5.41, 5.74) is 1.42. The normalized spacial score (nSPS) is 21.0. The first-order valence-electron chi connectivity index (χ1n) is 6.24. The Morgan fingerprint density at radius 2 is 2.33 bits per heavy atom. The fourth-order valence-corrected chi connectivity index (χ4v) is 2.17. The molecule has 1 unspecified atom stereocenters. The van der Waals surface area contributed by atoms with Crippen molar-refractivity contribution in [2.45, 2.75) is 25.8 Å². The van der Waals surface area contributed by atoms with Crippen molar-refractivity contribution in [2.24, 2.45) is 0 Å². The number of nitrogens with zero attached hydrogens (tertiary/aromatic N) is 2. The van der Waals surface area contributed by atoms with Gasteiger partial charge in [-0.15, -0.1) is 0 Å². The highest BCUT2D eigenvalue weighted by Crippen LogP contribution is 2.18. The second kappa shape index (κ2) is 5.65. The Morgan fingerprint density at radius 1 is 1.50 bits per heavy atom. The Labute approximate surface area is 107 Å². The van der Waals surface area contributed by atoms with Gasteiger partial charge in [0, 0.05) is 24.7 Å². The third-order valence-electron chi connectivity index (χ3n) is 3.12. The van der Waals surface area contributed by atoms with Gasteiger partial charge in [0.2, 0.25) is 5.91 Å². The van der Waals surface area contributed by atoms with E-state index >= 15 is 0 Å². The second-order valence-electron chi connectivity index (χ2n) is 4.62. The minimum Gasteiger partial charge on any atom is -0.314 e. The number of benzene rings is 1. The second-order valence-corrected chi connectivity index (χ2v) is 4.62. The van der Waals surface area contributed by atoms with Crippen molar-refractivity contribution in [3.8, 4) is 6.07 Å². The molecule has 1 aromatic carbocycles. The maximum absolute atomic E-state index is 12.2. The fourth-order valence-electron chi connectivity index (χ4n) is 2.17. The van der Waals surface area contributed by atoms with Crippen molar-refractivity contribution in [2.75, 3.05) is 18.0 Å². The lowest BCUT2D eigenvalue weighted by molar-refractivity contribution is -0.119. The summed E-state index contributed by atoms with van der Waals surface area (Å²) < 4.78 is 0. The molecule has 1 heterocycles. The average molecular weight is 243 g/mol. The van der Waals surface area contributed by atoms with E-state index in [0.717, 1.165) is 18.7 Å². The van der Waals surface area contributed by atoms with Crippen molar-refractivity contribution < 1.29 is 4.79 Å². The van der Waals surface area contributed by atoms with Crippen LogP contribution in [0, 0.1) is 11.3 Å². The molecule has 18 heavy (non-hydrogen) atoms. The molecule has 1 amide bonds. The number of rotatable bonds is 1. The van der Waals surface area contributed by atoms with Gasteiger partial charge in [-0.3, -0.25) is 4.79 Å². The molecular weight excluding hydrogens is 226 g/mol. The predicted molar refractivity (Wildman–Crippen MR) is 70.2 cm³/mol. The first-order chi connectivity index (χ1) is 8.70. The van der Waals surface area contributed by atoms with Gasteiger partial charge in [-0.25, -0.2) is 0 Å². The van der Waals surface area contributed by atoms with Crippen LogP contribution in [0.4, 0.5) is 5.69 Å². The molecule has 0 spiro atoms. The van der Waals surface area contributed by atoms with E-state index < -0.39 is 0 Å². The number of hydrogen-bond acceptors (Lipinski definition) is 3. The van der Waals surface area contributed by atoms with Crippen molar-refractivity contribution >= 4 is 11.6 Å². The first kappa shape index (κ1) is 12.6. The molecule has 0 bridgehead atoms. The number of carbonyl (C=O) groups excluding carboxylic acids is 1. The van der Waals surface area contributed by atoms with Crippen LogP contribution < -0.4 is 10.2 Å². The van der Waals surface area contributed by atoms with Gasteiger partial charge in [-0.2, -0.15) is 5.26 Å². The third kappa shape index (κ3) is 2.88. The Morgan fingerprint density at radius 3 is 3.11 bits per heavy atom. The van der Waals surface area contributed by atoms with E-state index in [2.05, 4.69) is 11.4 Å². The largest absolute Gasteiger partial charge is 0.314 e. The molecule has 4 heteroatoms. The minimum absolute atomic E-state index is 0.116. The van der Waals surface area contributed by atoms with Gasteiger partial charge >= 0.3 is 0 Å². The number of carbonyl (C=O) groups is 1. The summed E-state index contributed by atoms with van der Waals surface area (Å²) in [6, 6.07) is 9.55. The molecule has 1 fully saturated rings. The molecule has 0 radical (unpaired) electrons. The molecule has 0 aliphatic carbocycles. The van der Waals surface area contributed by atoms with Crippen molar-refractivity contribution in [3.63, 3.8) is 0 Å². The van der Waals surface area contributed by atoms with Crippen LogP contribution in [-0.4, -0.2) is 25.0 Å². The molecule has 0 saturated carbocycles. The maximum atomic E-state index is 12.2. The summed E-state index contributed by atoms with van der Waals surface area (Å²) in [5, 5.41) is 12.2. The van der Waals surface area contributed by atoms with Crippen LogP contribution >= 0.6 is 0 Å². The molecule has 1 aromatic rings. The van der Waals surface area contributed by atoms with Gasteiger partial charge in [0.25, 0.3) is 0 Å². The van der Waals surface area contributed by atoms with Crippen LogP contribution in [0.1, 0.15) is 25.3 Å². The van der Waals surface area contributed by atoms with Gasteiger partial charge in [-0.1, -0.05) is 6.07 Å². The molecule has 94 valence electrons. The molecule has 1 saturated heterocycles. The molecule has 4 nitrogen and oxygen atoms in total. The zero-order valence-electron chi connectivity index (χ0n) is 10.5. The minimum atomic E-state index is 0.116. The molecule has 1 aliphatic rings. The van der Waals surface area contributed by atoms with Crippen molar-refractivity contribution in [3.05, 3.63) is 29.8 Å². The number of nitriles is 1. The van der Waals surface area contributed by atoms with E-state index in [1.165, 1.54) is 0 Å². The van der Waals surface area contributed by atoms with Gasteiger partial charge < -0.3 is 10.2 Å². The van der Waals surface area contributed by atoms with Crippen LogP contribution in [-0.2, 0) is 4.79 Å². The number of anilines is 1. The summed E-state index contributed by atoms with van der Waals surface area (Å²) in [4.78, 5) is 14.0. The molecular formula is C14H17N3O. The Balaban J connectivity index is 2.23. The van der Waals surface area contributed by atoms with Gasteiger partial charge in [0.05, 0.1) is 11.6 Å². The van der Waals surface area contributed by atoms with Crippen LogP contribution in [0.15, 0.2) is 24.3 Å². The highest BCUT2D eigenvalue weighted by Gasteiger charge is 2.20. The Hall–Kier alpha value is -1.86. The Bertz CT molecular complexity index is 478. The van der Waals surface area contributed by atoms with E-state index in [4.69, 9.17) is 5.26 Å². The molecule has 1 aliphatic heterocycles. The van der Waals surface area contributed by atoms with Crippen LogP contribution in [0.5, 0.6) is 0 Å². The highest BCUT2D eigenvalue weighted by molar-refractivity contribution is 5.93. The lowest BCUT2D eigenvalue weighted by Gasteiger charge is -2.27. The smallest absolute Gasteiger partial charge is 0.228 e. The maximum Gasteiger partial charge on any atom is 0.228 e. The SMILES string of the molecule is CC1CC(=O)N(c2cccc(C#N)c2)CCCN1. The van der Waals surface area contributed by atoms with Crippen LogP contribution in [0.2, 0.25) is 0 Å². The lowest BCUT2D eigenvalue weighted by Crippen LogP contribution is -2.42. The monoisotopic (exact) mass is 243 g/mol. The zero-order valence-corrected chi connectivity index (χ0v) is 10.5.